The van der Waals surface area contributed by atoms with Crippen LogP contribution in [0, 0.1) is 5.92 Å². The van der Waals surface area contributed by atoms with Crippen molar-refractivity contribution in [1.29, 1.82) is 0 Å². The number of hydrogen-bond donors (Lipinski definition) is 1. The Balaban J connectivity index is 1.44. The first-order chi connectivity index (χ1) is 18.9. The molecule has 1 saturated heterocycles. The molecule has 0 aromatic heterocycles. The molecule has 4 rings (SSSR count). The molecule has 0 bridgehead atoms. The minimum atomic E-state index is -0.483. The molecule has 0 radical (unpaired) electrons. The highest BCUT2D eigenvalue weighted by atomic mass is 79.9. The monoisotopic (exact) mass is 653 g/mol. The third-order valence-electron chi connectivity index (χ3n) is 6.14. The van der Waals surface area contributed by atoms with Gasteiger partial charge in [-0.05, 0) is 73.0 Å². The molecule has 0 aliphatic carbocycles. The SMILES string of the molecule is C=CCc1cc(/C=N\NC(=O)[C@@H]2CC(=O)N(c3ccc(Br)cc3)C2)cc(OCC)c1OCc1ccc(Br)cc1. The Kier molecular flexibility index (Phi) is 9.95. The molecule has 1 N–H and O–H groups in total. The van der Waals surface area contributed by atoms with Crippen LogP contribution in [0.15, 0.2) is 87.4 Å². The van der Waals surface area contributed by atoms with Gasteiger partial charge >= 0.3 is 0 Å². The summed E-state index contributed by atoms with van der Waals surface area (Å²) in [7, 11) is 0. The lowest BCUT2D eigenvalue weighted by atomic mass is 10.1. The molecule has 1 atom stereocenters. The number of benzene rings is 3. The zero-order valence-corrected chi connectivity index (χ0v) is 24.7. The topological polar surface area (TPSA) is 80.2 Å². The number of nitrogens with one attached hydrogen (secondary N) is 1. The number of nitrogens with zero attached hydrogens (tertiary/aromatic N) is 2. The Morgan fingerprint density at radius 3 is 2.46 bits per heavy atom. The fourth-order valence-corrected chi connectivity index (χ4v) is 4.77. The van der Waals surface area contributed by atoms with Crippen LogP contribution in [0.2, 0.25) is 0 Å². The van der Waals surface area contributed by atoms with E-state index >= 15 is 0 Å². The van der Waals surface area contributed by atoms with E-state index in [9.17, 15) is 9.59 Å². The van der Waals surface area contributed by atoms with Gasteiger partial charge in [-0.1, -0.05) is 50.1 Å². The summed E-state index contributed by atoms with van der Waals surface area (Å²) in [5, 5.41) is 4.17. The van der Waals surface area contributed by atoms with Crippen LogP contribution in [0.5, 0.6) is 11.5 Å². The Hall–Kier alpha value is -3.43. The summed E-state index contributed by atoms with van der Waals surface area (Å²) >= 11 is 6.85. The molecule has 0 saturated carbocycles. The number of anilines is 1. The summed E-state index contributed by atoms with van der Waals surface area (Å²) < 4.78 is 14.0. The molecule has 9 heteroatoms. The van der Waals surface area contributed by atoms with Crippen LogP contribution in [0.25, 0.3) is 0 Å². The van der Waals surface area contributed by atoms with Crippen LogP contribution in [0.4, 0.5) is 5.69 Å². The predicted molar refractivity (Wildman–Crippen MR) is 160 cm³/mol. The molecule has 1 aliphatic rings. The van der Waals surface area contributed by atoms with Crippen LogP contribution in [-0.2, 0) is 22.6 Å². The average Bonchev–Trinajstić information content (AvgIpc) is 3.31. The Morgan fingerprint density at radius 2 is 1.79 bits per heavy atom. The highest BCUT2D eigenvalue weighted by molar-refractivity contribution is 9.10. The third-order valence-corrected chi connectivity index (χ3v) is 7.19. The van der Waals surface area contributed by atoms with E-state index in [1.54, 1.807) is 17.2 Å². The second-order valence-electron chi connectivity index (χ2n) is 8.96. The van der Waals surface area contributed by atoms with E-state index in [0.29, 0.717) is 37.7 Å². The van der Waals surface area contributed by atoms with Crippen molar-refractivity contribution in [2.45, 2.75) is 26.4 Å². The lowest BCUT2D eigenvalue weighted by Gasteiger charge is -2.17. The van der Waals surface area contributed by atoms with Gasteiger partial charge in [0.25, 0.3) is 0 Å². The van der Waals surface area contributed by atoms with Crippen molar-refractivity contribution in [2.75, 3.05) is 18.1 Å². The minimum absolute atomic E-state index is 0.0874. The fraction of sp³-hybridized carbons (Fsp3) is 0.233. The Morgan fingerprint density at radius 1 is 1.10 bits per heavy atom. The number of allylic oxidation sites excluding steroid dienone is 1. The van der Waals surface area contributed by atoms with Crippen molar-refractivity contribution in [3.8, 4) is 11.5 Å². The Bertz CT molecular complexity index is 1360. The maximum Gasteiger partial charge on any atom is 0.245 e. The molecule has 2 amide bonds. The maximum absolute atomic E-state index is 12.8. The van der Waals surface area contributed by atoms with Crippen LogP contribution in [0.1, 0.15) is 30.0 Å². The highest BCUT2D eigenvalue weighted by Crippen LogP contribution is 2.34. The van der Waals surface area contributed by atoms with Gasteiger partial charge in [0.05, 0.1) is 18.7 Å². The van der Waals surface area contributed by atoms with Gasteiger partial charge in [-0.25, -0.2) is 5.43 Å². The molecule has 7 nitrogen and oxygen atoms in total. The molecule has 3 aromatic rings. The Labute approximate surface area is 245 Å². The summed E-state index contributed by atoms with van der Waals surface area (Å²) in [6, 6.07) is 19.1. The van der Waals surface area contributed by atoms with Gasteiger partial charge < -0.3 is 14.4 Å². The van der Waals surface area contributed by atoms with Crippen LogP contribution in [0.3, 0.4) is 0 Å². The molecule has 1 fully saturated rings. The summed E-state index contributed by atoms with van der Waals surface area (Å²) in [6.07, 6.45) is 4.07. The van der Waals surface area contributed by atoms with Crippen molar-refractivity contribution in [3.63, 3.8) is 0 Å². The van der Waals surface area contributed by atoms with Crippen molar-refractivity contribution in [2.24, 2.45) is 11.0 Å². The summed E-state index contributed by atoms with van der Waals surface area (Å²) in [6.45, 7) is 6.94. The number of hydrazone groups is 1. The van der Waals surface area contributed by atoms with Crippen LogP contribution >= 0.6 is 31.9 Å². The normalized spacial score (nSPS) is 15.0. The molecule has 1 aliphatic heterocycles. The average molecular weight is 655 g/mol. The van der Waals surface area contributed by atoms with E-state index in [0.717, 1.165) is 31.3 Å². The first-order valence-corrected chi connectivity index (χ1v) is 14.1. The first kappa shape index (κ1) is 28.6. The summed E-state index contributed by atoms with van der Waals surface area (Å²) in [4.78, 5) is 26.9. The van der Waals surface area contributed by atoms with Crippen LogP contribution in [-0.4, -0.2) is 31.2 Å². The van der Waals surface area contributed by atoms with Crippen molar-refractivity contribution in [1.82, 2.24) is 5.43 Å². The van der Waals surface area contributed by atoms with Gasteiger partial charge in [0.15, 0.2) is 11.5 Å². The number of ether oxygens (including phenoxy) is 2. The van der Waals surface area contributed by atoms with Gasteiger partial charge in [-0.3, -0.25) is 9.59 Å². The van der Waals surface area contributed by atoms with Gasteiger partial charge in [0.2, 0.25) is 11.8 Å². The smallest absolute Gasteiger partial charge is 0.245 e. The molecule has 1 heterocycles. The summed E-state index contributed by atoms with van der Waals surface area (Å²) in [5.41, 5.74) is 6.03. The quantitative estimate of drug-likeness (QED) is 0.147. The molecular weight excluding hydrogens is 626 g/mol. The van der Waals surface area contributed by atoms with E-state index in [-0.39, 0.29) is 18.2 Å². The van der Waals surface area contributed by atoms with Crippen LogP contribution < -0.4 is 19.8 Å². The molecular formula is C30H29Br2N3O4. The van der Waals surface area contributed by atoms with E-state index in [4.69, 9.17) is 9.47 Å². The third kappa shape index (κ3) is 7.58. The van der Waals surface area contributed by atoms with E-state index in [2.05, 4.69) is 49.0 Å². The van der Waals surface area contributed by atoms with Gasteiger partial charge in [-0.15, -0.1) is 6.58 Å². The minimum Gasteiger partial charge on any atom is -0.490 e. The number of halogens is 2. The van der Waals surface area contributed by atoms with Gasteiger partial charge in [0, 0.05) is 33.2 Å². The van der Waals surface area contributed by atoms with Gasteiger partial charge in [0.1, 0.15) is 6.61 Å². The molecule has 202 valence electrons. The molecule has 0 spiro atoms. The van der Waals surface area contributed by atoms with Crippen molar-refractivity contribution >= 4 is 55.6 Å². The summed E-state index contributed by atoms with van der Waals surface area (Å²) in [5.74, 6) is 0.371. The van der Waals surface area contributed by atoms with Gasteiger partial charge in [-0.2, -0.15) is 5.10 Å². The molecule has 0 unspecified atom stereocenters. The number of carbonyl (C=O) groups is 2. The van der Waals surface area contributed by atoms with E-state index in [1.165, 1.54) is 0 Å². The number of carbonyl (C=O) groups excluding carboxylic acids is 2. The molecule has 3 aromatic carbocycles. The fourth-order valence-electron chi connectivity index (χ4n) is 4.24. The predicted octanol–water partition coefficient (Wildman–Crippen LogP) is 6.42. The van der Waals surface area contributed by atoms with Crippen molar-refractivity contribution in [3.05, 3.63) is 99.0 Å². The number of amides is 2. The largest absolute Gasteiger partial charge is 0.490 e. The zero-order chi connectivity index (χ0) is 27.8. The first-order valence-electron chi connectivity index (χ1n) is 12.5. The van der Waals surface area contributed by atoms with Crippen molar-refractivity contribution < 1.29 is 19.1 Å². The second-order valence-corrected chi connectivity index (χ2v) is 10.8. The standard InChI is InChI=1S/C30H29Br2N3O4/c1-3-5-22-14-21(15-27(38-4-2)29(22)39-19-20-6-8-24(31)9-7-20)17-33-34-30(37)23-16-28(36)35(18-23)26-12-10-25(32)11-13-26/h3,6-15,17,23H,1,4-5,16,18-19H2,2H3,(H,34,37)/b33-17-/t23-/m1/s1. The van der Waals surface area contributed by atoms with E-state index in [1.807, 2.05) is 67.6 Å². The molecule has 39 heavy (non-hydrogen) atoms. The number of hydrogen-bond acceptors (Lipinski definition) is 5. The highest BCUT2D eigenvalue weighted by Gasteiger charge is 2.35. The number of rotatable bonds is 11. The zero-order valence-electron chi connectivity index (χ0n) is 21.5. The second kappa shape index (κ2) is 13.6. The maximum atomic E-state index is 12.8. The lowest BCUT2D eigenvalue weighted by molar-refractivity contribution is -0.126. The lowest BCUT2D eigenvalue weighted by Crippen LogP contribution is -2.30. The van der Waals surface area contributed by atoms with E-state index < -0.39 is 5.92 Å².